The van der Waals surface area contributed by atoms with Gasteiger partial charge in [-0.2, -0.15) is 0 Å². The topological polar surface area (TPSA) is 61.4 Å². The molecule has 2 saturated heterocycles. The van der Waals surface area contributed by atoms with Crippen LogP contribution in [-0.2, 0) is 0 Å². The van der Waals surface area contributed by atoms with Gasteiger partial charge < -0.3 is 15.1 Å². The Labute approximate surface area is 142 Å². The minimum Gasteiger partial charge on any atom is -0.365 e. The van der Waals surface area contributed by atoms with E-state index < -0.39 is 0 Å². The summed E-state index contributed by atoms with van der Waals surface area (Å²) in [7, 11) is 0. The van der Waals surface area contributed by atoms with E-state index in [0.717, 1.165) is 69.3 Å². The highest BCUT2D eigenvalue weighted by Crippen LogP contribution is 2.19. The smallest absolute Gasteiger partial charge is 0.320 e. The lowest BCUT2D eigenvalue weighted by atomic mass is 10.1. The lowest BCUT2D eigenvalue weighted by molar-refractivity contribution is 0.163. The Morgan fingerprint density at radius 2 is 1.96 bits per heavy atom. The first-order chi connectivity index (χ1) is 11.3. The van der Waals surface area contributed by atoms with E-state index in [-0.39, 0.29) is 12.1 Å². The molecule has 0 aromatic carbocycles. The molecule has 1 N–H and O–H groups in total. The number of thioether (sulfide) groups is 1. The lowest BCUT2D eigenvalue weighted by Crippen LogP contribution is -2.45. The number of hydrogen-bond donors (Lipinski definition) is 1. The Morgan fingerprint density at radius 1 is 1.22 bits per heavy atom. The van der Waals surface area contributed by atoms with Gasteiger partial charge in [0.05, 0.1) is 0 Å². The van der Waals surface area contributed by atoms with Gasteiger partial charge in [0.1, 0.15) is 5.82 Å². The number of nitrogens with zero attached hydrogens (tertiary/aromatic N) is 4. The summed E-state index contributed by atoms with van der Waals surface area (Å²) in [4.78, 5) is 25.4. The van der Waals surface area contributed by atoms with Gasteiger partial charge in [0, 0.05) is 38.4 Å². The Balaban J connectivity index is 1.63. The van der Waals surface area contributed by atoms with Crippen molar-refractivity contribution in [3.8, 4) is 0 Å². The van der Waals surface area contributed by atoms with Crippen LogP contribution in [0.5, 0.6) is 0 Å². The van der Waals surface area contributed by atoms with Gasteiger partial charge in [0.15, 0.2) is 5.16 Å². The molecular formula is C16H25N5OS. The maximum Gasteiger partial charge on any atom is 0.320 e. The molecule has 0 spiro atoms. The second kappa shape index (κ2) is 7.86. The zero-order chi connectivity index (χ0) is 16.1. The van der Waals surface area contributed by atoms with Crippen LogP contribution in [-0.4, -0.2) is 64.3 Å². The minimum absolute atomic E-state index is 0.212. The van der Waals surface area contributed by atoms with Crippen molar-refractivity contribution in [1.82, 2.24) is 19.8 Å². The van der Waals surface area contributed by atoms with E-state index in [2.05, 4.69) is 15.3 Å². The van der Waals surface area contributed by atoms with E-state index in [1.54, 1.807) is 6.20 Å². The molecule has 2 amide bonds. The predicted octanol–water partition coefficient (Wildman–Crippen LogP) is 2.68. The molecule has 23 heavy (non-hydrogen) atoms. The van der Waals surface area contributed by atoms with Crippen molar-refractivity contribution in [2.75, 3.05) is 37.8 Å². The number of rotatable bonds is 3. The van der Waals surface area contributed by atoms with Crippen LogP contribution in [0.15, 0.2) is 17.4 Å². The van der Waals surface area contributed by atoms with E-state index in [4.69, 9.17) is 0 Å². The Bertz CT molecular complexity index is 535. The maximum atomic E-state index is 12.6. The molecule has 0 radical (unpaired) electrons. The van der Waals surface area contributed by atoms with Crippen molar-refractivity contribution in [3.63, 3.8) is 0 Å². The van der Waals surface area contributed by atoms with Crippen molar-refractivity contribution in [2.45, 2.75) is 43.3 Å². The molecule has 1 atom stereocenters. The molecule has 6 nitrogen and oxygen atoms in total. The Hall–Kier alpha value is -1.50. The van der Waals surface area contributed by atoms with Gasteiger partial charge in [-0.05, 0) is 44.4 Å². The number of carbonyl (C=O) groups is 1. The van der Waals surface area contributed by atoms with Crippen LogP contribution in [0.25, 0.3) is 0 Å². The summed E-state index contributed by atoms with van der Waals surface area (Å²) in [5, 5.41) is 4.27. The fourth-order valence-electron chi connectivity index (χ4n) is 3.27. The third-order valence-corrected chi connectivity index (χ3v) is 5.05. The first-order valence-electron chi connectivity index (χ1n) is 8.43. The van der Waals surface area contributed by atoms with Gasteiger partial charge in [0.2, 0.25) is 0 Å². The van der Waals surface area contributed by atoms with Gasteiger partial charge >= 0.3 is 6.03 Å². The first-order valence-corrected chi connectivity index (χ1v) is 9.66. The zero-order valence-corrected chi connectivity index (χ0v) is 14.5. The molecule has 0 unspecified atom stereocenters. The molecule has 2 aliphatic heterocycles. The summed E-state index contributed by atoms with van der Waals surface area (Å²) in [6.07, 6.45) is 9.33. The van der Waals surface area contributed by atoms with Crippen molar-refractivity contribution in [1.29, 1.82) is 0 Å². The average Bonchev–Trinajstić information content (AvgIpc) is 3.02. The van der Waals surface area contributed by atoms with Crippen molar-refractivity contribution >= 4 is 23.6 Å². The average molecular weight is 335 g/mol. The van der Waals surface area contributed by atoms with Gasteiger partial charge in [-0.1, -0.05) is 11.8 Å². The third kappa shape index (κ3) is 4.28. The van der Waals surface area contributed by atoms with Gasteiger partial charge in [-0.15, -0.1) is 0 Å². The van der Waals surface area contributed by atoms with Crippen LogP contribution < -0.4 is 5.32 Å². The standard InChI is InChI=1S/C16H25N5OS/c1-23-15-17-8-7-14(19-15)18-13-6-2-3-11-21(12-13)16(22)20-9-4-5-10-20/h7-8,13H,2-6,9-12H2,1H3,(H,17,18,19)/t13-/m1/s1. The summed E-state index contributed by atoms with van der Waals surface area (Å²) >= 11 is 1.54. The molecular weight excluding hydrogens is 310 g/mol. The van der Waals surface area contributed by atoms with E-state index in [1.807, 2.05) is 22.1 Å². The lowest BCUT2D eigenvalue weighted by Gasteiger charge is -2.29. The quantitative estimate of drug-likeness (QED) is 0.680. The summed E-state index contributed by atoms with van der Waals surface area (Å²) in [6, 6.07) is 2.37. The molecule has 0 aliphatic carbocycles. The number of carbonyl (C=O) groups excluding carboxylic acids is 1. The van der Waals surface area contributed by atoms with Gasteiger partial charge in [-0.25, -0.2) is 14.8 Å². The highest BCUT2D eigenvalue weighted by atomic mass is 32.2. The Morgan fingerprint density at radius 3 is 2.74 bits per heavy atom. The molecule has 2 fully saturated rings. The summed E-state index contributed by atoms with van der Waals surface area (Å²) in [5.74, 6) is 0.852. The number of hydrogen-bond acceptors (Lipinski definition) is 5. The van der Waals surface area contributed by atoms with Crippen LogP contribution in [0.3, 0.4) is 0 Å². The Kier molecular flexibility index (Phi) is 5.59. The molecule has 3 rings (SSSR count). The van der Waals surface area contributed by atoms with Gasteiger partial charge in [0.25, 0.3) is 0 Å². The summed E-state index contributed by atoms with van der Waals surface area (Å²) in [6.45, 7) is 3.45. The molecule has 0 bridgehead atoms. The highest BCUT2D eigenvalue weighted by Gasteiger charge is 2.27. The summed E-state index contributed by atoms with van der Waals surface area (Å²) < 4.78 is 0. The number of aromatic nitrogens is 2. The fraction of sp³-hybridized carbons (Fsp3) is 0.688. The molecule has 7 heteroatoms. The largest absolute Gasteiger partial charge is 0.365 e. The van der Waals surface area contributed by atoms with E-state index in [1.165, 1.54) is 11.8 Å². The molecule has 1 aromatic rings. The molecule has 3 heterocycles. The monoisotopic (exact) mass is 335 g/mol. The van der Waals surface area contributed by atoms with Crippen LogP contribution >= 0.6 is 11.8 Å². The van der Waals surface area contributed by atoms with Crippen LogP contribution in [0.4, 0.5) is 10.6 Å². The summed E-state index contributed by atoms with van der Waals surface area (Å²) in [5.41, 5.74) is 0. The molecule has 0 saturated carbocycles. The third-order valence-electron chi connectivity index (χ3n) is 4.49. The SMILES string of the molecule is CSc1nccc(N[C@@H]2CCCCN(C(=O)N3CCCC3)C2)n1. The van der Waals surface area contributed by atoms with Crippen molar-refractivity contribution in [3.05, 3.63) is 12.3 Å². The van der Waals surface area contributed by atoms with E-state index >= 15 is 0 Å². The normalized spacial score (nSPS) is 22.0. The van der Waals surface area contributed by atoms with E-state index in [0.29, 0.717) is 0 Å². The maximum absolute atomic E-state index is 12.6. The fourth-order valence-corrected chi connectivity index (χ4v) is 3.63. The van der Waals surface area contributed by atoms with Crippen LogP contribution in [0.2, 0.25) is 0 Å². The highest BCUT2D eigenvalue weighted by molar-refractivity contribution is 7.98. The number of urea groups is 1. The second-order valence-electron chi connectivity index (χ2n) is 6.19. The molecule has 2 aliphatic rings. The number of nitrogens with one attached hydrogen (secondary N) is 1. The minimum atomic E-state index is 0.212. The van der Waals surface area contributed by atoms with Gasteiger partial charge in [-0.3, -0.25) is 0 Å². The number of likely N-dealkylation sites (tertiary alicyclic amines) is 2. The number of anilines is 1. The van der Waals surface area contributed by atoms with Crippen LogP contribution in [0, 0.1) is 0 Å². The number of amides is 2. The zero-order valence-electron chi connectivity index (χ0n) is 13.7. The first kappa shape index (κ1) is 16.4. The van der Waals surface area contributed by atoms with Crippen molar-refractivity contribution in [2.24, 2.45) is 0 Å². The molecule has 1 aromatic heterocycles. The predicted molar refractivity (Wildman–Crippen MR) is 92.9 cm³/mol. The van der Waals surface area contributed by atoms with Crippen LogP contribution in [0.1, 0.15) is 32.1 Å². The molecule has 126 valence electrons. The second-order valence-corrected chi connectivity index (χ2v) is 6.96. The van der Waals surface area contributed by atoms with E-state index in [9.17, 15) is 4.79 Å². The van der Waals surface area contributed by atoms with Crippen molar-refractivity contribution < 1.29 is 4.79 Å².